The lowest BCUT2D eigenvalue weighted by Gasteiger charge is -2.36. The van der Waals surface area contributed by atoms with Gasteiger partial charge in [-0.2, -0.15) is 18.3 Å². The lowest BCUT2D eigenvalue weighted by atomic mass is 10.2. The number of nitrogens with zero attached hydrogens (tertiary/aromatic N) is 3. The van der Waals surface area contributed by atoms with Gasteiger partial charge in [-0.25, -0.2) is 4.79 Å². The Bertz CT molecular complexity index is 1490. The minimum atomic E-state index is -4.43. The molecule has 4 rings (SSSR count). The Labute approximate surface area is 264 Å². The molecule has 1 aliphatic heterocycles. The third-order valence-electron chi connectivity index (χ3n) is 7.24. The van der Waals surface area contributed by atoms with Crippen LogP contribution < -0.4 is 19.8 Å². The van der Waals surface area contributed by atoms with Crippen molar-refractivity contribution < 1.29 is 32.5 Å². The molecule has 1 fully saturated rings. The van der Waals surface area contributed by atoms with Crippen LogP contribution in [0.1, 0.15) is 18.1 Å². The SMILES string of the molecule is COc1ccc(N2CCN(C/C(=N/Nc3ccc(C(F)(F)F)cc3)C(=N)CSc3ccc(OC(C)C(=O)O)c(C)c3)CC2)cc1. The van der Waals surface area contributed by atoms with Crippen LogP contribution in [0, 0.1) is 12.3 Å². The summed E-state index contributed by atoms with van der Waals surface area (Å²) in [6.07, 6.45) is -5.42. The van der Waals surface area contributed by atoms with Crippen LogP contribution in [0.2, 0.25) is 0 Å². The molecule has 3 aromatic carbocycles. The quantitative estimate of drug-likeness (QED) is 0.114. The summed E-state index contributed by atoms with van der Waals surface area (Å²) >= 11 is 1.43. The summed E-state index contributed by atoms with van der Waals surface area (Å²) in [7, 11) is 1.63. The number of anilines is 2. The van der Waals surface area contributed by atoms with Crippen molar-refractivity contribution in [3.8, 4) is 11.5 Å². The van der Waals surface area contributed by atoms with E-state index < -0.39 is 23.8 Å². The number of hydrazone groups is 1. The van der Waals surface area contributed by atoms with Gasteiger partial charge in [0.2, 0.25) is 0 Å². The zero-order valence-electron chi connectivity index (χ0n) is 25.2. The first-order chi connectivity index (χ1) is 21.4. The molecule has 9 nitrogen and oxygen atoms in total. The minimum Gasteiger partial charge on any atom is -0.497 e. The van der Waals surface area contributed by atoms with E-state index in [9.17, 15) is 18.0 Å². The molecule has 0 bridgehead atoms. The van der Waals surface area contributed by atoms with Crippen LogP contribution in [0.4, 0.5) is 24.5 Å². The third kappa shape index (κ3) is 9.63. The normalized spacial score (nSPS) is 15.0. The van der Waals surface area contributed by atoms with Crippen LogP contribution in [-0.2, 0) is 11.0 Å². The predicted molar refractivity (Wildman–Crippen MR) is 172 cm³/mol. The fourth-order valence-electron chi connectivity index (χ4n) is 4.56. The highest BCUT2D eigenvalue weighted by molar-refractivity contribution is 8.00. The number of nitrogens with one attached hydrogen (secondary N) is 2. The van der Waals surface area contributed by atoms with E-state index in [-0.39, 0.29) is 5.71 Å². The number of methoxy groups -OCH3 is 1. The van der Waals surface area contributed by atoms with Crippen LogP contribution in [0.25, 0.3) is 0 Å². The summed E-state index contributed by atoms with van der Waals surface area (Å²) in [5.41, 5.74) is 5.09. The van der Waals surface area contributed by atoms with Crippen molar-refractivity contribution >= 4 is 40.5 Å². The Morgan fingerprint density at radius 2 is 1.73 bits per heavy atom. The molecule has 0 aliphatic carbocycles. The number of rotatable bonds is 13. The second kappa shape index (κ2) is 15.2. The lowest BCUT2D eigenvalue weighted by Crippen LogP contribution is -2.49. The van der Waals surface area contributed by atoms with E-state index in [1.54, 1.807) is 13.2 Å². The van der Waals surface area contributed by atoms with Gasteiger partial charge in [-0.1, -0.05) is 0 Å². The molecule has 0 radical (unpaired) electrons. The Morgan fingerprint density at radius 1 is 1.07 bits per heavy atom. The van der Waals surface area contributed by atoms with Gasteiger partial charge in [0.05, 0.1) is 29.8 Å². The smallest absolute Gasteiger partial charge is 0.416 e. The fraction of sp³-hybridized carbons (Fsp3) is 0.344. The van der Waals surface area contributed by atoms with Gasteiger partial charge >= 0.3 is 12.1 Å². The van der Waals surface area contributed by atoms with Crippen molar-refractivity contribution in [2.75, 3.05) is 55.9 Å². The highest BCUT2D eigenvalue weighted by Gasteiger charge is 2.30. The summed E-state index contributed by atoms with van der Waals surface area (Å²) in [6, 6.07) is 17.9. The summed E-state index contributed by atoms with van der Waals surface area (Å²) in [4.78, 5) is 16.5. The molecule has 1 aliphatic rings. The highest BCUT2D eigenvalue weighted by atomic mass is 32.2. The number of carbonyl (C=O) groups is 1. The summed E-state index contributed by atoms with van der Waals surface area (Å²) in [6.45, 7) is 6.71. The maximum absolute atomic E-state index is 13.0. The molecular weight excluding hydrogens is 607 g/mol. The maximum atomic E-state index is 13.0. The van der Waals surface area contributed by atoms with E-state index in [1.807, 2.05) is 43.3 Å². The Balaban J connectivity index is 1.43. The summed E-state index contributed by atoms with van der Waals surface area (Å²) in [5, 5.41) is 22.5. The average Bonchev–Trinajstić information content (AvgIpc) is 3.03. The standard InChI is InChI=1S/C32H36F3N5O4S/c1-21-18-27(12-13-30(21)44-22(2)31(41)42)45-20-28(36)29(38-37-24-6-4-23(5-7-24)32(33,34)35)19-39-14-16-40(17-15-39)25-8-10-26(43-3)11-9-25/h4-13,18,22,36-37H,14-17,19-20H2,1-3H3,(H,41,42)/b36-28?,38-29-. The van der Waals surface area contributed by atoms with Gasteiger partial charge in [-0.3, -0.25) is 10.3 Å². The number of ether oxygens (including phenoxy) is 2. The number of hydrogen-bond donors (Lipinski definition) is 3. The molecule has 1 unspecified atom stereocenters. The van der Waals surface area contributed by atoms with Gasteiger partial charge in [0.15, 0.2) is 6.10 Å². The highest BCUT2D eigenvalue weighted by Crippen LogP contribution is 2.30. The van der Waals surface area contributed by atoms with Crippen molar-refractivity contribution in [1.29, 1.82) is 5.41 Å². The topological polar surface area (TPSA) is 110 Å². The molecule has 3 aromatic rings. The largest absolute Gasteiger partial charge is 0.497 e. The molecule has 0 amide bonds. The number of thioether (sulfide) groups is 1. The van der Waals surface area contributed by atoms with Crippen LogP contribution in [0.5, 0.6) is 11.5 Å². The number of carboxylic acids is 1. The van der Waals surface area contributed by atoms with E-state index in [0.717, 1.165) is 60.2 Å². The van der Waals surface area contributed by atoms with Gasteiger partial charge in [-0.05, 0) is 86.1 Å². The van der Waals surface area contributed by atoms with Crippen molar-refractivity contribution in [2.24, 2.45) is 5.10 Å². The molecular formula is C32H36F3N5O4S. The van der Waals surface area contributed by atoms with E-state index in [2.05, 4.69) is 20.3 Å². The molecule has 240 valence electrons. The van der Waals surface area contributed by atoms with E-state index >= 15 is 0 Å². The predicted octanol–water partition coefficient (Wildman–Crippen LogP) is 6.28. The zero-order chi connectivity index (χ0) is 32.6. The first kappa shape index (κ1) is 33.7. The Hall–Kier alpha value is -4.23. The first-order valence-electron chi connectivity index (χ1n) is 14.2. The Kier molecular flexibility index (Phi) is 11.3. The molecule has 1 saturated heterocycles. The lowest BCUT2D eigenvalue weighted by molar-refractivity contribution is -0.144. The van der Waals surface area contributed by atoms with Crippen molar-refractivity contribution in [2.45, 2.75) is 31.0 Å². The zero-order valence-corrected chi connectivity index (χ0v) is 26.0. The number of aryl methyl sites for hydroxylation is 1. The van der Waals surface area contributed by atoms with Crippen LogP contribution >= 0.6 is 11.8 Å². The number of aliphatic carboxylic acids is 1. The molecule has 1 atom stereocenters. The minimum absolute atomic E-state index is 0.273. The average molecular weight is 644 g/mol. The summed E-state index contributed by atoms with van der Waals surface area (Å²) < 4.78 is 49.8. The second-order valence-electron chi connectivity index (χ2n) is 10.5. The number of halogens is 3. The van der Waals surface area contributed by atoms with Gasteiger partial charge in [-0.15, -0.1) is 11.8 Å². The van der Waals surface area contributed by atoms with Crippen molar-refractivity contribution in [3.63, 3.8) is 0 Å². The van der Waals surface area contributed by atoms with E-state index in [4.69, 9.17) is 20.0 Å². The molecule has 45 heavy (non-hydrogen) atoms. The maximum Gasteiger partial charge on any atom is 0.416 e. The molecule has 3 N–H and O–H groups in total. The molecule has 0 spiro atoms. The number of hydrogen-bond acceptors (Lipinski definition) is 9. The first-order valence-corrected chi connectivity index (χ1v) is 15.2. The molecule has 13 heteroatoms. The van der Waals surface area contributed by atoms with Crippen LogP contribution in [-0.4, -0.2) is 79.1 Å². The van der Waals surface area contributed by atoms with Crippen molar-refractivity contribution in [3.05, 3.63) is 77.9 Å². The number of carboxylic acid groups (broad SMARTS) is 1. The van der Waals surface area contributed by atoms with Crippen LogP contribution in [0.3, 0.4) is 0 Å². The Morgan fingerprint density at radius 3 is 2.31 bits per heavy atom. The third-order valence-corrected chi connectivity index (χ3v) is 8.27. The van der Waals surface area contributed by atoms with Crippen molar-refractivity contribution in [1.82, 2.24) is 4.90 Å². The summed E-state index contributed by atoms with van der Waals surface area (Å²) in [5.74, 6) is 0.508. The monoisotopic (exact) mass is 643 g/mol. The van der Waals surface area contributed by atoms with Gasteiger partial charge in [0.25, 0.3) is 0 Å². The van der Waals surface area contributed by atoms with Gasteiger partial charge < -0.3 is 24.9 Å². The fourth-order valence-corrected chi connectivity index (χ4v) is 5.46. The van der Waals surface area contributed by atoms with E-state index in [1.165, 1.54) is 30.8 Å². The molecule has 0 saturated carbocycles. The number of piperazine rings is 1. The molecule has 0 aromatic heterocycles. The molecule has 1 heterocycles. The second-order valence-corrected chi connectivity index (χ2v) is 11.5. The van der Waals surface area contributed by atoms with E-state index in [0.29, 0.717) is 29.4 Å². The number of benzene rings is 3. The van der Waals surface area contributed by atoms with Gasteiger partial charge in [0, 0.05) is 49.1 Å². The van der Waals surface area contributed by atoms with Crippen LogP contribution in [0.15, 0.2) is 76.7 Å². The van der Waals surface area contributed by atoms with Gasteiger partial charge in [0.1, 0.15) is 11.5 Å². The number of alkyl halides is 3.